The van der Waals surface area contributed by atoms with Gasteiger partial charge in [-0.15, -0.1) is 11.3 Å². The molecule has 0 bridgehead atoms. The molecule has 6 nitrogen and oxygen atoms in total. The van der Waals surface area contributed by atoms with Crippen molar-refractivity contribution in [2.24, 2.45) is 16.6 Å². The van der Waals surface area contributed by atoms with Crippen LogP contribution in [0.4, 0.5) is 0 Å². The molecule has 0 radical (unpaired) electrons. The molecule has 2 aliphatic rings. The second kappa shape index (κ2) is 7.31. The van der Waals surface area contributed by atoms with Gasteiger partial charge in [-0.2, -0.15) is 0 Å². The Labute approximate surface area is 156 Å². The summed E-state index contributed by atoms with van der Waals surface area (Å²) in [5.74, 6) is 1.16. The molecule has 4 rings (SSSR count). The van der Waals surface area contributed by atoms with Crippen molar-refractivity contribution in [1.29, 1.82) is 0 Å². The van der Waals surface area contributed by atoms with E-state index >= 15 is 0 Å². The normalized spacial score (nSPS) is 25.7. The van der Waals surface area contributed by atoms with Gasteiger partial charge in [0.2, 0.25) is 11.8 Å². The van der Waals surface area contributed by atoms with Gasteiger partial charge < -0.3 is 15.5 Å². The predicted molar refractivity (Wildman–Crippen MR) is 103 cm³/mol. The third kappa shape index (κ3) is 3.32. The first kappa shape index (κ1) is 17.4. The van der Waals surface area contributed by atoms with E-state index in [4.69, 9.17) is 10.5 Å². The number of hydrogen-bond acceptors (Lipinski definition) is 6. The Balaban J connectivity index is 1.59. The van der Waals surface area contributed by atoms with E-state index in [-0.39, 0.29) is 17.9 Å². The minimum Gasteiger partial charge on any atom is -0.474 e. The Morgan fingerprint density at radius 2 is 2.15 bits per heavy atom. The highest BCUT2D eigenvalue weighted by Gasteiger charge is 2.32. The van der Waals surface area contributed by atoms with Crippen LogP contribution in [0.5, 0.6) is 5.88 Å². The van der Waals surface area contributed by atoms with E-state index < -0.39 is 0 Å². The number of aromatic nitrogens is 2. The molecule has 2 heterocycles. The smallest absolute Gasteiger partial charge is 0.225 e. The Morgan fingerprint density at radius 1 is 1.35 bits per heavy atom. The molecule has 7 heteroatoms. The molecule has 1 fully saturated rings. The largest absolute Gasteiger partial charge is 0.474 e. The van der Waals surface area contributed by atoms with Crippen molar-refractivity contribution in [1.82, 2.24) is 9.97 Å². The van der Waals surface area contributed by atoms with Crippen molar-refractivity contribution in [3.8, 4) is 5.88 Å². The van der Waals surface area contributed by atoms with E-state index in [1.165, 1.54) is 10.4 Å². The summed E-state index contributed by atoms with van der Waals surface area (Å²) >= 11 is 1.70. The lowest BCUT2D eigenvalue weighted by Gasteiger charge is -2.26. The Kier molecular flexibility index (Phi) is 4.89. The number of aryl methyl sites for hydroxylation is 1. The van der Waals surface area contributed by atoms with Gasteiger partial charge in [-0.1, -0.05) is 0 Å². The second-order valence-electron chi connectivity index (χ2n) is 7.27. The van der Waals surface area contributed by atoms with Gasteiger partial charge in [-0.25, -0.2) is 9.97 Å². The second-order valence-corrected chi connectivity index (χ2v) is 8.35. The number of carbonyl (C=O) groups excluding carboxylic acids is 1. The van der Waals surface area contributed by atoms with Crippen LogP contribution < -0.4 is 10.5 Å². The Morgan fingerprint density at radius 3 is 2.88 bits per heavy atom. The van der Waals surface area contributed by atoms with Crippen LogP contribution in [0.3, 0.4) is 0 Å². The summed E-state index contributed by atoms with van der Waals surface area (Å²) in [6.45, 7) is 0. The molecule has 138 valence electrons. The summed E-state index contributed by atoms with van der Waals surface area (Å²) < 4.78 is 6.33. The SMILES string of the molecule is CN=CC1CCC(Oc2ncnc3sc4c(c23)C(CC(N)=O)CC4)CC1. The van der Waals surface area contributed by atoms with Crippen molar-refractivity contribution < 1.29 is 9.53 Å². The van der Waals surface area contributed by atoms with Gasteiger partial charge in [-0.05, 0) is 55.9 Å². The summed E-state index contributed by atoms with van der Waals surface area (Å²) in [7, 11) is 1.83. The minimum atomic E-state index is -0.252. The highest BCUT2D eigenvalue weighted by Crippen LogP contribution is 2.47. The third-order valence-electron chi connectivity index (χ3n) is 5.50. The molecule has 0 saturated heterocycles. The number of amides is 1. The molecule has 0 aliphatic heterocycles. The van der Waals surface area contributed by atoms with E-state index in [2.05, 4.69) is 21.2 Å². The van der Waals surface area contributed by atoms with Crippen LogP contribution in [0.2, 0.25) is 0 Å². The summed E-state index contributed by atoms with van der Waals surface area (Å²) in [4.78, 5) is 26.8. The summed E-state index contributed by atoms with van der Waals surface area (Å²) in [5.41, 5.74) is 6.66. The average molecular weight is 372 g/mol. The fraction of sp³-hybridized carbons (Fsp3) is 0.579. The van der Waals surface area contributed by atoms with Crippen molar-refractivity contribution >= 4 is 33.7 Å². The maximum Gasteiger partial charge on any atom is 0.225 e. The zero-order valence-electron chi connectivity index (χ0n) is 15.0. The van der Waals surface area contributed by atoms with Crippen molar-refractivity contribution in [3.63, 3.8) is 0 Å². The summed E-state index contributed by atoms with van der Waals surface area (Å²) in [6, 6.07) is 0. The fourth-order valence-corrected chi connectivity index (χ4v) is 5.53. The summed E-state index contributed by atoms with van der Waals surface area (Å²) in [5, 5.41) is 1.01. The Hall–Kier alpha value is -2.02. The number of primary amides is 1. The molecule has 0 aromatic carbocycles. The molecule has 2 aromatic rings. The fourth-order valence-electron chi connectivity index (χ4n) is 4.30. The number of rotatable bonds is 5. The first-order valence-corrected chi connectivity index (χ1v) is 10.1. The van der Waals surface area contributed by atoms with Gasteiger partial charge in [0.1, 0.15) is 17.3 Å². The molecule has 2 N–H and O–H groups in total. The lowest BCUT2D eigenvalue weighted by Crippen LogP contribution is -2.25. The average Bonchev–Trinajstić information content (AvgIpc) is 3.17. The van der Waals surface area contributed by atoms with Crippen molar-refractivity contribution in [2.45, 2.75) is 57.0 Å². The van der Waals surface area contributed by atoms with Gasteiger partial charge in [0.25, 0.3) is 0 Å². The molecule has 1 atom stereocenters. The van der Waals surface area contributed by atoms with Crippen LogP contribution in [-0.4, -0.2) is 35.2 Å². The van der Waals surface area contributed by atoms with Gasteiger partial charge in [0, 0.05) is 24.6 Å². The number of nitrogens with zero attached hydrogens (tertiary/aromatic N) is 3. The third-order valence-corrected chi connectivity index (χ3v) is 6.67. The highest BCUT2D eigenvalue weighted by atomic mass is 32.1. The van der Waals surface area contributed by atoms with Gasteiger partial charge in [0.15, 0.2) is 0 Å². The van der Waals surface area contributed by atoms with Crippen LogP contribution >= 0.6 is 11.3 Å². The number of fused-ring (bicyclic) bond motifs is 3. The first-order valence-electron chi connectivity index (χ1n) is 9.29. The summed E-state index contributed by atoms with van der Waals surface area (Å²) in [6.07, 6.45) is 10.4. The zero-order chi connectivity index (χ0) is 18.1. The molecule has 2 aromatic heterocycles. The van der Waals surface area contributed by atoms with Crippen molar-refractivity contribution in [2.75, 3.05) is 7.05 Å². The van der Waals surface area contributed by atoms with Crippen LogP contribution in [0.25, 0.3) is 10.2 Å². The monoisotopic (exact) mass is 372 g/mol. The maximum atomic E-state index is 11.5. The number of nitrogens with two attached hydrogens (primary N) is 1. The molecule has 1 unspecified atom stereocenters. The number of hydrogen-bond donors (Lipinski definition) is 1. The lowest BCUT2D eigenvalue weighted by atomic mass is 9.88. The van der Waals surface area contributed by atoms with Crippen molar-refractivity contribution in [3.05, 3.63) is 16.8 Å². The van der Waals surface area contributed by atoms with E-state index in [9.17, 15) is 4.79 Å². The van der Waals surface area contributed by atoms with Gasteiger partial charge in [-0.3, -0.25) is 4.79 Å². The van der Waals surface area contributed by atoms with Gasteiger partial charge >= 0.3 is 0 Å². The molecular formula is C19H24N4O2S. The van der Waals surface area contributed by atoms with E-state index in [1.807, 2.05) is 7.05 Å². The first-order chi connectivity index (χ1) is 12.7. The maximum absolute atomic E-state index is 11.5. The van der Waals surface area contributed by atoms with Crippen LogP contribution in [0.15, 0.2) is 11.3 Å². The molecule has 1 saturated carbocycles. The topological polar surface area (TPSA) is 90.5 Å². The van der Waals surface area contributed by atoms with Crippen LogP contribution in [0.1, 0.15) is 54.9 Å². The number of aliphatic imine (C=N–C) groups is 1. The number of thiophene rings is 1. The standard InChI is InChI=1S/C19H24N4O2S/c1-21-9-11-2-5-13(6-3-11)25-18-17-16-12(8-15(20)24)4-7-14(16)26-19(17)23-10-22-18/h9-13H,2-8H2,1H3,(H2,20,24). The van der Waals surface area contributed by atoms with Gasteiger partial charge in [0.05, 0.1) is 5.39 Å². The molecule has 0 spiro atoms. The molecular weight excluding hydrogens is 348 g/mol. The minimum absolute atomic E-state index is 0.168. The lowest BCUT2D eigenvalue weighted by molar-refractivity contribution is -0.118. The highest BCUT2D eigenvalue weighted by molar-refractivity contribution is 7.19. The Bertz CT molecular complexity index is 839. The van der Waals surface area contributed by atoms with E-state index in [1.54, 1.807) is 17.7 Å². The quantitative estimate of drug-likeness (QED) is 0.816. The van der Waals surface area contributed by atoms with Crippen LogP contribution in [-0.2, 0) is 11.2 Å². The zero-order valence-corrected chi connectivity index (χ0v) is 15.8. The predicted octanol–water partition coefficient (Wildman–Crippen LogP) is 3.23. The molecule has 2 aliphatic carbocycles. The van der Waals surface area contributed by atoms with E-state index in [0.717, 1.165) is 48.7 Å². The molecule has 26 heavy (non-hydrogen) atoms. The van der Waals surface area contributed by atoms with E-state index in [0.29, 0.717) is 18.2 Å². The molecule has 1 amide bonds. The van der Waals surface area contributed by atoms with Crippen LogP contribution in [0, 0.1) is 5.92 Å². The number of carbonyl (C=O) groups is 1. The number of ether oxygens (including phenoxy) is 1.